The molecule has 0 saturated heterocycles. The summed E-state index contributed by atoms with van der Waals surface area (Å²) in [6, 6.07) is 12.7. The Morgan fingerprint density at radius 1 is 1.08 bits per heavy atom. The van der Waals surface area contributed by atoms with E-state index in [1.807, 2.05) is 38.1 Å². The molecule has 5 nitrogen and oxygen atoms in total. The average molecular weight is 415 g/mol. The van der Waals surface area contributed by atoms with Crippen LogP contribution in [0.4, 0.5) is 0 Å². The molecule has 2 aromatic carbocycles. The largest absolute Gasteiger partial charge is 0.350 e. The molecular formula is C20H19BrN2O3. The van der Waals surface area contributed by atoms with Crippen LogP contribution in [0.25, 0.3) is 0 Å². The number of hydrogen-bond acceptors (Lipinski definition) is 3. The minimum Gasteiger partial charge on any atom is -0.350 e. The summed E-state index contributed by atoms with van der Waals surface area (Å²) in [6.45, 7) is 3.84. The summed E-state index contributed by atoms with van der Waals surface area (Å²) in [5.41, 5.74) is 2.73. The third-order valence-electron chi connectivity index (χ3n) is 4.44. The highest BCUT2D eigenvalue weighted by molar-refractivity contribution is 9.10. The highest BCUT2D eigenvalue weighted by Crippen LogP contribution is 2.24. The predicted octanol–water partition coefficient (Wildman–Crippen LogP) is 3.62. The van der Waals surface area contributed by atoms with Crippen LogP contribution < -0.4 is 5.32 Å². The molecule has 134 valence electrons. The number of nitrogens with zero attached hydrogens (tertiary/aromatic N) is 1. The van der Waals surface area contributed by atoms with Gasteiger partial charge in [0.15, 0.2) is 0 Å². The van der Waals surface area contributed by atoms with Crippen LogP contribution in [0.5, 0.6) is 0 Å². The van der Waals surface area contributed by atoms with Crippen molar-refractivity contribution in [3.63, 3.8) is 0 Å². The standard InChI is InChI=1S/C20H19BrN2O3/c1-12-3-8-16-17(11-12)20(26)23(19(16)25)10-9-18(24)22-13(2)14-4-6-15(21)7-5-14/h3-8,11,13H,9-10H2,1-2H3,(H,22,24). The topological polar surface area (TPSA) is 66.5 Å². The molecule has 2 aromatic rings. The lowest BCUT2D eigenvalue weighted by Gasteiger charge is -2.17. The molecule has 0 spiro atoms. The predicted molar refractivity (Wildman–Crippen MR) is 102 cm³/mol. The molecule has 0 aromatic heterocycles. The fourth-order valence-corrected chi connectivity index (χ4v) is 3.23. The van der Waals surface area contributed by atoms with Gasteiger partial charge in [-0.3, -0.25) is 19.3 Å². The average Bonchev–Trinajstić information content (AvgIpc) is 2.84. The lowest BCUT2D eigenvalue weighted by Crippen LogP contribution is -2.35. The van der Waals surface area contributed by atoms with Crippen LogP contribution in [0, 0.1) is 6.92 Å². The molecular weight excluding hydrogens is 396 g/mol. The molecule has 1 atom stereocenters. The fourth-order valence-electron chi connectivity index (χ4n) is 2.97. The number of halogens is 1. The maximum atomic E-state index is 12.4. The molecule has 0 aliphatic carbocycles. The fraction of sp³-hybridized carbons (Fsp3) is 0.250. The van der Waals surface area contributed by atoms with Crippen molar-refractivity contribution >= 4 is 33.7 Å². The summed E-state index contributed by atoms with van der Waals surface area (Å²) >= 11 is 3.38. The summed E-state index contributed by atoms with van der Waals surface area (Å²) in [4.78, 5) is 38.2. The van der Waals surface area contributed by atoms with Gasteiger partial charge < -0.3 is 5.32 Å². The van der Waals surface area contributed by atoms with Gasteiger partial charge in [-0.2, -0.15) is 0 Å². The van der Waals surface area contributed by atoms with Gasteiger partial charge in [0.05, 0.1) is 17.2 Å². The normalized spacial score (nSPS) is 14.3. The number of amides is 3. The van der Waals surface area contributed by atoms with E-state index < -0.39 is 0 Å². The number of aryl methyl sites for hydroxylation is 1. The zero-order chi connectivity index (χ0) is 18.8. The van der Waals surface area contributed by atoms with Crippen molar-refractivity contribution in [1.82, 2.24) is 10.2 Å². The van der Waals surface area contributed by atoms with E-state index >= 15 is 0 Å². The second kappa shape index (κ2) is 7.41. The van der Waals surface area contributed by atoms with E-state index in [-0.39, 0.29) is 36.7 Å². The first-order chi connectivity index (χ1) is 12.4. The Morgan fingerprint density at radius 2 is 1.73 bits per heavy atom. The number of hydrogen-bond donors (Lipinski definition) is 1. The number of carbonyl (C=O) groups is 3. The lowest BCUT2D eigenvalue weighted by atomic mass is 10.1. The van der Waals surface area contributed by atoms with Crippen molar-refractivity contribution in [3.05, 3.63) is 69.2 Å². The minimum absolute atomic E-state index is 0.0737. The molecule has 0 saturated carbocycles. The molecule has 0 fully saturated rings. The molecule has 3 amide bonds. The summed E-state index contributed by atoms with van der Waals surface area (Å²) in [6.07, 6.45) is 0.0747. The maximum absolute atomic E-state index is 12.4. The van der Waals surface area contributed by atoms with Crippen LogP contribution in [-0.2, 0) is 4.79 Å². The van der Waals surface area contributed by atoms with Crippen LogP contribution in [0.1, 0.15) is 51.2 Å². The number of fused-ring (bicyclic) bond motifs is 1. The SMILES string of the molecule is Cc1ccc2c(c1)C(=O)N(CCC(=O)NC(C)c1ccc(Br)cc1)C2=O. The maximum Gasteiger partial charge on any atom is 0.261 e. The van der Waals surface area contributed by atoms with Crippen LogP contribution >= 0.6 is 15.9 Å². The summed E-state index contributed by atoms with van der Waals surface area (Å²) < 4.78 is 0.973. The molecule has 0 radical (unpaired) electrons. The highest BCUT2D eigenvalue weighted by Gasteiger charge is 2.35. The molecule has 1 heterocycles. The van der Waals surface area contributed by atoms with Gasteiger partial charge in [0.2, 0.25) is 5.91 Å². The van der Waals surface area contributed by atoms with Gasteiger partial charge in [-0.1, -0.05) is 39.7 Å². The van der Waals surface area contributed by atoms with E-state index in [4.69, 9.17) is 0 Å². The van der Waals surface area contributed by atoms with E-state index in [9.17, 15) is 14.4 Å². The number of benzene rings is 2. The van der Waals surface area contributed by atoms with Crippen LogP contribution in [0.3, 0.4) is 0 Å². The summed E-state index contributed by atoms with van der Waals surface area (Å²) in [5, 5.41) is 2.90. The van der Waals surface area contributed by atoms with E-state index in [0.29, 0.717) is 11.1 Å². The molecule has 6 heteroatoms. The number of nitrogens with one attached hydrogen (secondary N) is 1. The molecule has 26 heavy (non-hydrogen) atoms. The quantitative estimate of drug-likeness (QED) is 0.759. The minimum atomic E-state index is -0.334. The van der Waals surface area contributed by atoms with Gasteiger partial charge in [0.25, 0.3) is 11.8 Å². The van der Waals surface area contributed by atoms with Gasteiger partial charge in [0.1, 0.15) is 0 Å². The first kappa shape index (κ1) is 18.3. The van der Waals surface area contributed by atoms with Gasteiger partial charge >= 0.3 is 0 Å². The van der Waals surface area contributed by atoms with Gasteiger partial charge in [0, 0.05) is 17.4 Å². The first-order valence-corrected chi connectivity index (χ1v) is 9.18. The van der Waals surface area contributed by atoms with Crippen molar-refractivity contribution in [3.8, 4) is 0 Å². The van der Waals surface area contributed by atoms with E-state index in [2.05, 4.69) is 21.2 Å². The Hall–Kier alpha value is -2.47. The Kier molecular flexibility index (Phi) is 5.23. The van der Waals surface area contributed by atoms with Gasteiger partial charge in [-0.25, -0.2) is 0 Å². The summed E-state index contributed by atoms with van der Waals surface area (Å²) in [5.74, 6) is -0.866. The van der Waals surface area contributed by atoms with Crippen molar-refractivity contribution < 1.29 is 14.4 Å². The van der Waals surface area contributed by atoms with Crippen molar-refractivity contribution in [2.75, 3.05) is 6.54 Å². The van der Waals surface area contributed by atoms with E-state index in [0.717, 1.165) is 20.5 Å². The number of carbonyl (C=O) groups excluding carboxylic acids is 3. The molecule has 1 N–H and O–H groups in total. The van der Waals surface area contributed by atoms with E-state index in [1.165, 1.54) is 0 Å². The first-order valence-electron chi connectivity index (χ1n) is 8.38. The Morgan fingerprint density at radius 3 is 2.42 bits per heavy atom. The lowest BCUT2D eigenvalue weighted by molar-refractivity contribution is -0.121. The molecule has 3 rings (SSSR count). The van der Waals surface area contributed by atoms with E-state index in [1.54, 1.807) is 18.2 Å². The second-order valence-corrected chi connectivity index (χ2v) is 7.32. The smallest absolute Gasteiger partial charge is 0.261 e. The second-order valence-electron chi connectivity index (χ2n) is 6.40. The molecule has 1 aliphatic rings. The van der Waals surface area contributed by atoms with Crippen LogP contribution in [0.15, 0.2) is 46.9 Å². The molecule has 1 aliphatic heterocycles. The number of rotatable bonds is 5. The monoisotopic (exact) mass is 414 g/mol. The van der Waals surface area contributed by atoms with Crippen molar-refractivity contribution in [1.29, 1.82) is 0 Å². The summed E-state index contributed by atoms with van der Waals surface area (Å²) in [7, 11) is 0. The third kappa shape index (κ3) is 3.70. The number of imide groups is 1. The third-order valence-corrected chi connectivity index (χ3v) is 4.96. The molecule has 0 bridgehead atoms. The van der Waals surface area contributed by atoms with Gasteiger partial charge in [-0.15, -0.1) is 0 Å². The zero-order valence-electron chi connectivity index (χ0n) is 14.6. The van der Waals surface area contributed by atoms with Crippen LogP contribution in [-0.4, -0.2) is 29.2 Å². The Bertz CT molecular complexity index is 877. The zero-order valence-corrected chi connectivity index (χ0v) is 16.2. The van der Waals surface area contributed by atoms with Crippen LogP contribution in [0.2, 0.25) is 0 Å². The highest BCUT2D eigenvalue weighted by atomic mass is 79.9. The van der Waals surface area contributed by atoms with Gasteiger partial charge in [-0.05, 0) is 43.7 Å². The molecule has 1 unspecified atom stereocenters. The Balaban J connectivity index is 1.59. The van der Waals surface area contributed by atoms with Crippen molar-refractivity contribution in [2.24, 2.45) is 0 Å². The van der Waals surface area contributed by atoms with Crippen molar-refractivity contribution in [2.45, 2.75) is 26.3 Å². The Labute approximate surface area is 160 Å².